The van der Waals surface area contributed by atoms with E-state index in [1.165, 1.54) is 0 Å². The third-order valence-electron chi connectivity index (χ3n) is 3.97. The Morgan fingerprint density at radius 1 is 1.00 bits per heavy atom. The van der Waals surface area contributed by atoms with Gasteiger partial charge in [0.2, 0.25) is 5.95 Å². The van der Waals surface area contributed by atoms with Crippen LogP contribution in [0.1, 0.15) is 5.56 Å². The van der Waals surface area contributed by atoms with Gasteiger partial charge in [-0.05, 0) is 41.8 Å². The van der Waals surface area contributed by atoms with E-state index in [2.05, 4.69) is 20.3 Å². The van der Waals surface area contributed by atoms with Crippen LogP contribution in [-0.4, -0.2) is 15.0 Å². The van der Waals surface area contributed by atoms with E-state index >= 15 is 0 Å². The Hall–Kier alpha value is -3.47. The van der Waals surface area contributed by atoms with Crippen molar-refractivity contribution in [1.29, 1.82) is 0 Å². The molecule has 0 saturated carbocycles. The third-order valence-corrected chi connectivity index (χ3v) is 3.97. The number of fused-ring (bicyclic) bond motifs is 1. The second-order valence-corrected chi connectivity index (χ2v) is 5.83. The first kappa shape index (κ1) is 15.1. The Labute approximate surface area is 144 Å². The molecule has 0 atom stereocenters. The number of benzene rings is 2. The summed E-state index contributed by atoms with van der Waals surface area (Å²) in [7, 11) is 0. The fraction of sp³-hybridized carbons (Fsp3) is 0.0500. The molecular formula is C20H16N4O. The predicted octanol–water partition coefficient (Wildman–Crippen LogP) is 4.04. The van der Waals surface area contributed by atoms with Gasteiger partial charge in [0.15, 0.2) is 5.65 Å². The molecule has 2 aromatic heterocycles. The van der Waals surface area contributed by atoms with Crippen molar-refractivity contribution in [2.75, 3.05) is 5.32 Å². The Morgan fingerprint density at radius 2 is 1.84 bits per heavy atom. The minimum Gasteiger partial charge on any atom is -0.326 e. The molecule has 2 heterocycles. The van der Waals surface area contributed by atoms with Crippen molar-refractivity contribution < 1.29 is 0 Å². The summed E-state index contributed by atoms with van der Waals surface area (Å²) in [5.74, 6) is 0.376. The Bertz CT molecular complexity index is 1100. The van der Waals surface area contributed by atoms with E-state index in [0.29, 0.717) is 17.0 Å². The number of nitrogens with one attached hydrogen (secondary N) is 2. The first-order valence-corrected chi connectivity index (χ1v) is 7.99. The SMILES string of the molecule is Cc1cccc(Nc2nc3nccc(-c4ccccc4)c3c(=O)[nH]2)c1. The molecule has 0 unspecified atom stereocenters. The zero-order chi connectivity index (χ0) is 17.2. The van der Waals surface area contributed by atoms with Crippen LogP contribution in [-0.2, 0) is 0 Å². The van der Waals surface area contributed by atoms with E-state index in [1.54, 1.807) is 6.20 Å². The highest BCUT2D eigenvalue weighted by Crippen LogP contribution is 2.24. The number of H-pyrrole nitrogens is 1. The van der Waals surface area contributed by atoms with Gasteiger partial charge in [0.1, 0.15) is 0 Å². The molecule has 4 aromatic rings. The highest BCUT2D eigenvalue weighted by Gasteiger charge is 2.11. The molecule has 0 aliphatic heterocycles. The molecule has 0 spiro atoms. The standard InChI is InChI=1S/C20H16N4O/c1-13-6-5-9-15(12-13)22-20-23-18-17(19(25)24-20)16(10-11-21-18)14-7-3-2-4-8-14/h2-12H,1H3,(H2,21,22,23,24,25). The molecule has 0 fully saturated rings. The van der Waals surface area contributed by atoms with Crippen LogP contribution >= 0.6 is 0 Å². The zero-order valence-corrected chi connectivity index (χ0v) is 13.7. The number of hydrogen-bond donors (Lipinski definition) is 2. The fourth-order valence-corrected chi connectivity index (χ4v) is 2.84. The van der Waals surface area contributed by atoms with Gasteiger partial charge < -0.3 is 5.32 Å². The van der Waals surface area contributed by atoms with Gasteiger partial charge in [0.05, 0.1) is 5.39 Å². The summed E-state index contributed by atoms with van der Waals surface area (Å²) in [4.78, 5) is 24.2. The fourth-order valence-electron chi connectivity index (χ4n) is 2.84. The van der Waals surface area contributed by atoms with E-state index < -0.39 is 0 Å². The highest BCUT2D eigenvalue weighted by molar-refractivity contribution is 5.92. The highest BCUT2D eigenvalue weighted by atomic mass is 16.1. The molecule has 0 radical (unpaired) electrons. The molecule has 0 bridgehead atoms. The lowest BCUT2D eigenvalue weighted by atomic mass is 10.0. The minimum atomic E-state index is -0.216. The lowest BCUT2D eigenvalue weighted by Crippen LogP contribution is -2.13. The van der Waals surface area contributed by atoms with Gasteiger partial charge in [-0.25, -0.2) is 4.98 Å². The van der Waals surface area contributed by atoms with E-state index in [4.69, 9.17) is 0 Å². The quantitative estimate of drug-likeness (QED) is 0.595. The topological polar surface area (TPSA) is 70.7 Å². The smallest absolute Gasteiger partial charge is 0.262 e. The minimum absolute atomic E-state index is 0.216. The first-order valence-electron chi connectivity index (χ1n) is 7.99. The van der Waals surface area contributed by atoms with Gasteiger partial charge in [-0.3, -0.25) is 9.78 Å². The van der Waals surface area contributed by atoms with Gasteiger partial charge in [0, 0.05) is 11.9 Å². The summed E-state index contributed by atoms with van der Waals surface area (Å²) in [6.07, 6.45) is 1.67. The Kier molecular flexibility index (Phi) is 3.74. The molecule has 5 nitrogen and oxygen atoms in total. The summed E-state index contributed by atoms with van der Waals surface area (Å²) in [6.45, 7) is 2.01. The summed E-state index contributed by atoms with van der Waals surface area (Å²) >= 11 is 0. The van der Waals surface area contributed by atoms with E-state index in [-0.39, 0.29) is 5.56 Å². The monoisotopic (exact) mass is 328 g/mol. The van der Waals surface area contributed by atoms with Crippen molar-refractivity contribution in [3.63, 3.8) is 0 Å². The predicted molar refractivity (Wildman–Crippen MR) is 100 cm³/mol. The van der Waals surface area contributed by atoms with Gasteiger partial charge in [-0.15, -0.1) is 0 Å². The van der Waals surface area contributed by atoms with Gasteiger partial charge in [-0.2, -0.15) is 4.98 Å². The summed E-state index contributed by atoms with van der Waals surface area (Å²) in [5, 5.41) is 3.62. The third kappa shape index (κ3) is 2.99. The molecule has 25 heavy (non-hydrogen) atoms. The number of rotatable bonds is 3. The van der Waals surface area contributed by atoms with Crippen LogP contribution in [0, 0.1) is 6.92 Å². The van der Waals surface area contributed by atoms with Crippen molar-refractivity contribution >= 4 is 22.7 Å². The molecule has 5 heteroatoms. The largest absolute Gasteiger partial charge is 0.326 e. The van der Waals surface area contributed by atoms with Crippen LogP contribution in [0.5, 0.6) is 0 Å². The van der Waals surface area contributed by atoms with Crippen molar-refractivity contribution in [3.05, 3.63) is 82.8 Å². The number of anilines is 2. The van der Waals surface area contributed by atoms with E-state index in [9.17, 15) is 4.79 Å². The van der Waals surface area contributed by atoms with Crippen molar-refractivity contribution in [1.82, 2.24) is 15.0 Å². The average Bonchev–Trinajstić information content (AvgIpc) is 2.62. The molecule has 0 amide bonds. The first-order chi connectivity index (χ1) is 12.2. The van der Waals surface area contributed by atoms with E-state index in [0.717, 1.165) is 22.4 Å². The summed E-state index contributed by atoms with van der Waals surface area (Å²) < 4.78 is 0. The molecule has 2 N–H and O–H groups in total. The van der Waals surface area contributed by atoms with Crippen LogP contribution in [0.25, 0.3) is 22.2 Å². The van der Waals surface area contributed by atoms with Crippen LogP contribution in [0.3, 0.4) is 0 Å². The molecule has 4 rings (SSSR count). The number of aromatic nitrogens is 3. The maximum atomic E-state index is 12.7. The molecule has 122 valence electrons. The number of hydrogen-bond acceptors (Lipinski definition) is 4. The van der Waals surface area contributed by atoms with Crippen LogP contribution in [0.2, 0.25) is 0 Å². The average molecular weight is 328 g/mol. The lowest BCUT2D eigenvalue weighted by molar-refractivity contribution is 1.14. The Balaban J connectivity index is 1.83. The van der Waals surface area contributed by atoms with Gasteiger partial charge in [-0.1, -0.05) is 42.5 Å². The van der Waals surface area contributed by atoms with Crippen LogP contribution < -0.4 is 10.9 Å². The lowest BCUT2D eigenvalue weighted by Gasteiger charge is -2.09. The second-order valence-electron chi connectivity index (χ2n) is 5.83. The van der Waals surface area contributed by atoms with Gasteiger partial charge in [0.25, 0.3) is 5.56 Å². The number of aromatic amines is 1. The number of pyridine rings is 1. The zero-order valence-electron chi connectivity index (χ0n) is 13.7. The van der Waals surface area contributed by atoms with Crippen molar-refractivity contribution in [2.45, 2.75) is 6.92 Å². The summed E-state index contributed by atoms with van der Waals surface area (Å²) in [6, 6.07) is 19.5. The Morgan fingerprint density at radius 3 is 2.64 bits per heavy atom. The molecule has 2 aromatic carbocycles. The number of aryl methyl sites for hydroxylation is 1. The van der Waals surface area contributed by atoms with Crippen molar-refractivity contribution in [2.24, 2.45) is 0 Å². The van der Waals surface area contributed by atoms with Crippen LogP contribution in [0.4, 0.5) is 11.6 Å². The molecule has 0 aliphatic carbocycles. The normalized spacial score (nSPS) is 10.8. The van der Waals surface area contributed by atoms with E-state index in [1.807, 2.05) is 67.6 Å². The summed E-state index contributed by atoms with van der Waals surface area (Å²) in [5.41, 5.74) is 3.97. The molecule has 0 saturated heterocycles. The maximum Gasteiger partial charge on any atom is 0.262 e. The molecule has 0 aliphatic rings. The van der Waals surface area contributed by atoms with Crippen molar-refractivity contribution in [3.8, 4) is 11.1 Å². The van der Waals surface area contributed by atoms with Crippen LogP contribution in [0.15, 0.2) is 71.7 Å². The number of nitrogens with zero attached hydrogens (tertiary/aromatic N) is 2. The van der Waals surface area contributed by atoms with Gasteiger partial charge >= 0.3 is 0 Å². The molecular weight excluding hydrogens is 312 g/mol. The maximum absolute atomic E-state index is 12.7. The second kappa shape index (κ2) is 6.20.